The summed E-state index contributed by atoms with van der Waals surface area (Å²) in [4.78, 5) is 10.6. The smallest absolute Gasteiger partial charge is 0.379 e. The Balaban J connectivity index is 1.87. The molecule has 1 aliphatic rings. The Morgan fingerprint density at radius 2 is 1.85 bits per heavy atom. The molecule has 1 fully saturated rings. The van der Waals surface area contributed by atoms with Crippen molar-refractivity contribution < 1.29 is 22.8 Å². The number of fused-ring (bicyclic) bond motifs is 1. The highest BCUT2D eigenvalue weighted by molar-refractivity contribution is 5.89. The summed E-state index contributed by atoms with van der Waals surface area (Å²) in [5.74, 6) is 0. The average molecular weight is 376 g/mol. The van der Waals surface area contributed by atoms with Crippen molar-refractivity contribution >= 4 is 16.6 Å². The number of nitrogens with zero attached hydrogens (tertiary/aromatic N) is 2. The number of hydrogen-bond donors (Lipinski definition) is 0. The zero-order valence-electron chi connectivity index (χ0n) is 14.1. The first-order valence-electron chi connectivity index (χ1n) is 8.39. The standard InChI is InChI=1S/C19H15F3N2O3/c20-19(21,22)14-3-1-12(2-4-14)18-10-13-9-15(24(25)26)5-6-17(13)23(18)16-7-8-27-11-16/h1-6,9-10,16H,7-8,11H2. The normalized spacial score (nSPS) is 17.5. The highest BCUT2D eigenvalue weighted by atomic mass is 19.4. The van der Waals surface area contributed by atoms with E-state index in [1.54, 1.807) is 12.1 Å². The van der Waals surface area contributed by atoms with E-state index in [0.29, 0.717) is 24.2 Å². The summed E-state index contributed by atoms with van der Waals surface area (Å²) in [5, 5.41) is 11.7. The largest absolute Gasteiger partial charge is 0.416 e. The van der Waals surface area contributed by atoms with Crippen LogP contribution < -0.4 is 0 Å². The lowest BCUT2D eigenvalue weighted by molar-refractivity contribution is -0.384. The molecule has 0 N–H and O–H groups in total. The molecular formula is C19H15F3N2O3. The summed E-state index contributed by atoms with van der Waals surface area (Å²) in [6, 6.07) is 11.4. The number of benzene rings is 2. The second-order valence-electron chi connectivity index (χ2n) is 6.49. The van der Waals surface area contributed by atoms with Gasteiger partial charge in [0, 0.05) is 35.3 Å². The lowest BCUT2D eigenvalue weighted by Gasteiger charge is -2.17. The second kappa shape index (κ2) is 6.38. The second-order valence-corrected chi connectivity index (χ2v) is 6.49. The third kappa shape index (κ3) is 3.16. The number of nitro benzene ring substituents is 1. The third-order valence-electron chi connectivity index (χ3n) is 4.81. The summed E-state index contributed by atoms with van der Waals surface area (Å²) < 4.78 is 46.0. The van der Waals surface area contributed by atoms with Crippen LogP contribution in [0.5, 0.6) is 0 Å². The van der Waals surface area contributed by atoms with Crippen molar-refractivity contribution in [3.05, 3.63) is 64.2 Å². The van der Waals surface area contributed by atoms with Crippen molar-refractivity contribution in [1.29, 1.82) is 0 Å². The van der Waals surface area contributed by atoms with Gasteiger partial charge in [0.05, 0.1) is 23.1 Å². The number of aromatic nitrogens is 1. The van der Waals surface area contributed by atoms with Gasteiger partial charge in [0.15, 0.2) is 0 Å². The molecule has 0 saturated carbocycles. The van der Waals surface area contributed by atoms with Crippen LogP contribution in [-0.4, -0.2) is 22.7 Å². The molecule has 8 heteroatoms. The maximum atomic E-state index is 12.8. The van der Waals surface area contributed by atoms with E-state index in [1.165, 1.54) is 24.3 Å². The first-order chi connectivity index (χ1) is 12.8. The Hall–Kier alpha value is -2.87. The highest BCUT2D eigenvalue weighted by Gasteiger charge is 2.30. The van der Waals surface area contributed by atoms with Crippen molar-refractivity contribution in [1.82, 2.24) is 4.57 Å². The van der Waals surface area contributed by atoms with Gasteiger partial charge in [-0.15, -0.1) is 0 Å². The molecule has 0 radical (unpaired) electrons. The van der Waals surface area contributed by atoms with E-state index < -0.39 is 16.7 Å². The molecule has 5 nitrogen and oxygen atoms in total. The van der Waals surface area contributed by atoms with E-state index in [-0.39, 0.29) is 11.7 Å². The molecule has 4 rings (SSSR count). The van der Waals surface area contributed by atoms with Gasteiger partial charge < -0.3 is 9.30 Å². The molecule has 1 aromatic heterocycles. The van der Waals surface area contributed by atoms with Crippen LogP contribution in [0.3, 0.4) is 0 Å². The molecule has 27 heavy (non-hydrogen) atoms. The topological polar surface area (TPSA) is 57.3 Å². The fourth-order valence-electron chi connectivity index (χ4n) is 3.51. The summed E-state index contributed by atoms with van der Waals surface area (Å²) in [7, 11) is 0. The van der Waals surface area contributed by atoms with Crippen molar-refractivity contribution in [2.45, 2.75) is 18.6 Å². The molecule has 2 heterocycles. The lowest BCUT2D eigenvalue weighted by atomic mass is 10.1. The van der Waals surface area contributed by atoms with E-state index >= 15 is 0 Å². The lowest BCUT2D eigenvalue weighted by Crippen LogP contribution is -2.10. The first-order valence-corrected chi connectivity index (χ1v) is 8.39. The van der Waals surface area contributed by atoms with E-state index in [4.69, 9.17) is 4.74 Å². The summed E-state index contributed by atoms with van der Waals surface area (Å²) in [6.07, 6.45) is -3.63. The van der Waals surface area contributed by atoms with E-state index in [2.05, 4.69) is 0 Å². The van der Waals surface area contributed by atoms with Crippen LogP contribution in [-0.2, 0) is 10.9 Å². The Bertz CT molecular complexity index is 1000. The number of rotatable bonds is 3. The van der Waals surface area contributed by atoms with Crippen LogP contribution in [0.15, 0.2) is 48.5 Å². The van der Waals surface area contributed by atoms with Gasteiger partial charge in [-0.2, -0.15) is 13.2 Å². The van der Waals surface area contributed by atoms with Gasteiger partial charge in [-0.1, -0.05) is 12.1 Å². The maximum absolute atomic E-state index is 12.8. The number of halogens is 3. The quantitative estimate of drug-likeness (QED) is 0.467. The summed E-state index contributed by atoms with van der Waals surface area (Å²) >= 11 is 0. The minimum Gasteiger partial charge on any atom is -0.379 e. The monoisotopic (exact) mass is 376 g/mol. The molecule has 3 aromatic rings. The van der Waals surface area contributed by atoms with Crippen LogP contribution in [0.25, 0.3) is 22.2 Å². The number of hydrogen-bond acceptors (Lipinski definition) is 3. The number of ether oxygens (including phenoxy) is 1. The molecular weight excluding hydrogens is 361 g/mol. The van der Waals surface area contributed by atoms with E-state index in [0.717, 1.165) is 29.8 Å². The van der Waals surface area contributed by atoms with Gasteiger partial charge in [-0.3, -0.25) is 10.1 Å². The number of nitro groups is 1. The zero-order valence-corrected chi connectivity index (χ0v) is 14.1. The maximum Gasteiger partial charge on any atom is 0.416 e. The molecule has 1 unspecified atom stereocenters. The Labute approximate surface area is 152 Å². The Kier molecular flexibility index (Phi) is 4.15. The molecule has 1 atom stereocenters. The van der Waals surface area contributed by atoms with E-state index in [9.17, 15) is 23.3 Å². The fraction of sp³-hybridized carbons (Fsp3) is 0.263. The number of alkyl halides is 3. The SMILES string of the molecule is O=[N+]([O-])c1ccc2c(c1)cc(-c1ccc(C(F)(F)F)cc1)n2C1CCOC1. The minimum atomic E-state index is -4.40. The average Bonchev–Trinajstić information content (AvgIpc) is 3.27. The van der Waals surface area contributed by atoms with Crippen LogP contribution in [0.1, 0.15) is 18.0 Å². The van der Waals surface area contributed by atoms with Crippen molar-refractivity contribution in [2.24, 2.45) is 0 Å². The van der Waals surface area contributed by atoms with Crippen molar-refractivity contribution in [2.75, 3.05) is 13.2 Å². The van der Waals surface area contributed by atoms with Gasteiger partial charge >= 0.3 is 6.18 Å². The molecule has 2 aromatic carbocycles. The highest BCUT2D eigenvalue weighted by Crippen LogP contribution is 2.37. The minimum absolute atomic E-state index is 0.0266. The molecule has 0 aliphatic carbocycles. The Morgan fingerprint density at radius 1 is 1.11 bits per heavy atom. The molecule has 140 valence electrons. The number of non-ortho nitro benzene ring substituents is 1. The molecule has 0 spiro atoms. The molecule has 1 aliphatic heterocycles. The fourth-order valence-corrected chi connectivity index (χ4v) is 3.51. The van der Waals surface area contributed by atoms with Crippen LogP contribution in [0.2, 0.25) is 0 Å². The van der Waals surface area contributed by atoms with Gasteiger partial charge in [0.2, 0.25) is 0 Å². The first kappa shape index (κ1) is 17.5. The zero-order chi connectivity index (χ0) is 19.2. The Morgan fingerprint density at radius 3 is 2.44 bits per heavy atom. The van der Waals surface area contributed by atoms with Crippen molar-refractivity contribution in [3.8, 4) is 11.3 Å². The molecule has 0 amide bonds. The van der Waals surface area contributed by atoms with Crippen LogP contribution in [0, 0.1) is 10.1 Å². The predicted molar refractivity (Wildman–Crippen MR) is 93.5 cm³/mol. The van der Waals surface area contributed by atoms with E-state index in [1.807, 2.05) is 4.57 Å². The van der Waals surface area contributed by atoms with Crippen LogP contribution in [0.4, 0.5) is 18.9 Å². The summed E-state index contributed by atoms with van der Waals surface area (Å²) in [5.41, 5.74) is 1.39. The predicted octanol–water partition coefficient (Wildman–Crippen LogP) is 5.20. The van der Waals surface area contributed by atoms with Gasteiger partial charge in [0.25, 0.3) is 5.69 Å². The summed E-state index contributed by atoms with van der Waals surface area (Å²) in [6.45, 7) is 1.10. The molecule has 0 bridgehead atoms. The third-order valence-corrected chi connectivity index (χ3v) is 4.81. The van der Waals surface area contributed by atoms with Gasteiger partial charge in [-0.05, 0) is 36.2 Å². The molecule has 1 saturated heterocycles. The van der Waals surface area contributed by atoms with Gasteiger partial charge in [0.1, 0.15) is 0 Å². The van der Waals surface area contributed by atoms with Gasteiger partial charge in [-0.25, -0.2) is 0 Å². The van der Waals surface area contributed by atoms with Crippen LogP contribution >= 0.6 is 0 Å². The van der Waals surface area contributed by atoms with Crippen molar-refractivity contribution in [3.63, 3.8) is 0 Å².